The van der Waals surface area contributed by atoms with Gasteiger partial charge in [-0.15, -0.1) is 6.58 Å². The lowest BCUT2D eigenvalue weighted by Gasteiger charge is -2.26. The van der Waals surface area contributed by atoms with Crippen LogP contribution >= 0.6 is 0 Å². The van der Waals surface area contributed by atoms with E-state index < -0.39 is 15.9 Å². The minimum atomic E-state index is -3.96. The maximum atomic E-state index is 13.2. The Morgan fingerprint density at radius 3 is 2.54 bits per heavy atom. The number of amides is 1. The molecule has 0 fully saturated rings. The molecule has 0 saturated carbocycles. The lowest BCUT2D eigenvalue weighted by atomic mass is 10.2. The second-order valence-electron chi connectivity index (χ2n) is 5.59. The molecule has 0 bridgehead atoms. The molecular weight excluding hydrogens is 352 g/mol. The van der Waals surface area contributed by atoms with Crippen molar-refractivity contribution in [1.82, 2.24) is 5.32 Å². The van der Waals surface area contributed by atoms with Crippen molar-refractivity contribution >= 4 is 21.6 Å². The average Bonchev–Trinajstić information content (AvgIpc) is 2.65. The summed E-state index contributed by atoms with van der Waals surface area (Å²) in [5, 5.41) is 2.60. The first-order valence-corrected chi connectivity index (χ1v) is 9.44. The molecule has 0 radical (unpaired) electrons. The van der Waals surface area contributed by atoms with E-state index in [0.29, 0.717) is 11.4 Å². The number of methoxy groups -OCH3 is 1. The second kappa shape index (κ2) is 8.53. The molecule has 2 rings (SSSR count). The Balaban J connectivity index is 2.54. The summed E-state index contributed by atoms with van der Waals surface area (Å²) in [7, 11) is -2.50. The van der Waals surface area contributed by atoms with E-state index in [2.05, 4.69) is 11.9 Å². The first-order valence-electron chi connectivity index (χ1n) is 8.00. The quantitative estimate of drug-likeness (QED) is 0.721. The number of hydrogen-bond donors (Lipinski definition) is 1. The molecule has 0 aliphatic heterocycles. The van der Waals surface area contributed by atoms with Crippen molar-refractivity contribution in [1.29, 1.82) is 0 Å². The van der Waals surface area contributed by atoms with Crippen LogP contribution in [0.2, 0.25) is 0 Å². The molecule has 1 N–H and O–H groups in total. The molecule has 0 aromatic heterocycles. The van der Waals surface area contributed by atoms with Gasteiger partial charge in [0.05, 0.1) is 17.7 Å². The number of rotatable bonds is 8. The van der Waals surface area contributed by atoms with Gasteiger partial charge in [0.25, 0.3) is 10.0 Å². The Kier molecular flexibility index (Phi) is 6.41. The number of benzene rings is 2. The summed E-state index contributed by atoms with van der Waals surface area (Å²) in [4.78, 5) is 12.3. The summed E-state index contributed by atoms with van der Waals surface area (Å²) < 4.78 is 32.8. The van der Waals surface area contributed by atoms with Gasteiger partial charge in [0, 0.05) is 6.54 Å². The fraction of sp³-hybridized carbons (Fsp3) is 0.211. The minimum absolute atomic E-state index is 0.0973. The van der Waals surface area contributed by atoms with Crippen LogP contribution in [0.4, 0.5) is 5.69 Å². The first kappa shape index (κ1) is 19.5. The van der Waals surface area contributed by atoms with Crippen LogP contribution in [-0.4, -0.2) is 34.5 Å². The molecule has 0 aliphatic carbocycles. The zero-order valence-electron chi connectivity index (χ0n) is 14.8. The van der Waals surface area contributed by atoms with Crippen LogP contribution in [0.25, 0.3) is 0 Å². The highest BCUT2D eigenvalue weighted by atomic mass is 32.2. The molecule has 1 amide bonds. The lowest BCUT2D eigenvalue weighted by molar-refractivity contribution is -0.119. The molecule has 0 saturated heterocycles. The summed E-state index contributed by atoms with van der Waals surface area (Å²) in [6.45, 7) is 5.26. The van der Waals surface area contributed by atoms with Gasteiger partial charge in [-0.1, -0.05) is 30.3 Å². The second-order valence-corrected chi connectivity index (χ2v) is 7.46. The molecule has 26 heavy (non-hydrogen) atoms. The molecule has 0 spiro atoms. The Labute approximate surface area is 154 Å². The number of carbonyl (C=O) groups excluding carboxylic acids is 1. The van der Waals surface area contributed by atoms with Crippen molar-refractivity contribution in [2.75, 3.05) is 24.5 Å². The topological polar surface area (TPSA) is 75.7 Å². The van der Waals surface area contributed by atoms with Gasteiger partial charge < -0.3 is 10.1 Å². The number of sulfonamides is 1. The average molecular weight is 374 g/mol. The predicted octanol–water partition coefficient (Wildman–Crippen LogP) is 2.50. The molecule has 0 aliphatic rings. The van der Waals surface area contributed by atoms with E-state index >= 15 is 0 Å². The maximum Gasteiger partial charge on any atom is 0.264 e. The zero-order chi connectivity index (χ0) is 19.2. The van der Waals surface area contributed by atoms with Crippen molar-refractivity contribution in [2.45, 2.75) is 11.8 Å². The fourth-order valence-electron chi connectivity index (χ4n) is 2.39. The Morgan fingerprint density at radius 2 is 1.92 bits per heavy atom. The van der Waals surface area contributed by atoms with Gasteiger partial charge in [0.15, 0.2) is 0 Å². The fourth-order valence-corrected chi connectivity index (χ4v) is 3.83. The third kappa shape index (κ3) is 4.43. The maximum absolute atomic E-state index is 13.2. The molecule has 0 unspecified atom stereocenters. The largest absolute Gasteiger partial charge is 0.495 e. The summed E-state index contributed by atoms with van der Waals surface area (Å²) in [5.74, 6) is -0.0698. The minimum Gasteiger partial charge on any atom is -0.495 e. The highest BCUT2D eigenvalue weighted by Gasteiger charge is 2.29. The number of carbonyl (C=O) groups is 1. The zero-order valence-corrected chi connectivity index (χ0v) is 15.6. The normalized spacial score (nSPS) is 10.8. The van der Waals surface area contributed by atoms with E-state index in [0.717, 1.165) is 9.87 Å². The van der Waals surface area contributed by atoms with Crippen molar-refractivity contribution < 1.29 is 17.9 Å². The molecule has 2 aromatic rings. The van der Waals surface area contributed by atoms with Crippen LogP contribution in [0.1, 0.15) is 5.56 Å². The first-order chi connectivity index (χ1) is 12.4. The Bertz CT molecular complexity index is 880. The van der Waals surface area contributed by atoms with Gasteiger partial charge in [-0.05, 0) is 36.8 Å². The predicted molar refractivity (Wildman–Crippen MR) is 102 cm³/mol. The van der Waals surface area contributed by atoms with Crippen molar-refractivity contribution in [3.8, 4) is 5.75 Å². The van der Waals surface area contributed by atoms with E-state index in [4.69, 9.17) is 4.74 Å². The summed E-state index contributed by atoms with van der Waals surface area (Å²) in [6, 6.07) is 13.2. The molecule has 138 valence electrons. The van der Waals surface area contributed by atoms with Crippen LogP contribution in [-0.2, 0) is 14.8 Å². The van der Waals surface area contributed by atoms with Crippen LogP contribution in [0.3, 0.4) is 0 Å². The van der Waals surface area contributed by atoms with Crippen molar-refractivity contribution in [3.63, 3.8) is 0 Å². The van der Waals surface area contributed by atoms with E-state index in [9.17, 15) is 13.2 Å². The van der Waals surface area contributed by atoms with E-state index in [1.54, 1.807) is 30.3 Å². The van der Waals surface area contributed by atoms with E-state index in [1.807, 2.05) is 13.0 Å². The molecule has 2 aromatic carbocycles. The number of ether oxygens (including phenoxy) is 1. The highest BCUT2D eigenvalue weighted by Crippen LogP contribution is 2.33. The third-order valence-corrected chi connectivity index (χ3v) is 5.44. The molecule has 0 atom stereocenters. The smallest absolute Gasteiger partial charge is 0.264 e. The standard InChI is InChI=1S/C19H22N2O4S/c1-4-12-20-19(22)14-21(17-13-15(2)10-11-18(17)25-3)26(23,24)16-8-6-5-7-9-16/h4-11,13H,1,12,14H2,2-3H3,(H,20,22). The molecule has 7 heteroatoms. The van der Waals surface area contributed by atoms with Gasteiger partial charge in [0.2, 0.25) is 5.91 Å². The van der Waals surface area contributed by atoms with Crippen LogP contribution in [0, 0.1) is 6.92 Å². The SMILES string of the molecule is C=CCNC(=O)CN(c1cc(C)ccc1OC)S(=O)(=O)c1ccccc1. The van der Waals surface area contributed by atoms with Crippen molar-refractivity contribution in [3.05, 3.63) is 66.7 Å². The monoisotopic (exact) mass is 374 g/mol. The van der Waals surface area contributed by atoms with Gasteiger partial charge >= 0.3 is 0 Å². The van der Waals surface area contributed by atoms with Crippen LogP contribution in [0.15, 0.2) is 66.1 Å². The molecular formula is C19H22N2O4S. The van der Waals surface area contributed by atoms with Gasteiger partial charge in [-0.2, -0.15) is 0 Å². The van der Waals surface area contributed by atoms with Gasteiger partial charge in [0.1, 0.15) is 12.3 Å². The van der Waals surface area contributed by atoms with Crippen LogP contribution in [0.5, 0.6) is 5.75 Å². The molecule has 6 nitrogen and oxygen atoms in total. The Hall–Kier alpha value is -2.80. The van der Waals surface area contributed by atoms with E-state index in [1.165, 1.54) is 25.3 Å². The van der Waals surface area contributed by atoms with Crippen LogP contribution < -0.4 is 14.4 Å². The van der Waals surface area contributed by atoms with Gasteiger partial charge in [-0.25, -0.2) is 8.42 Å². The number of anilines is 1. The van der Waals surface area contributed by atoms with Crippen molar-refractivity contribution in [2.24, 2.45) is 0 Å². The number of nitrogens with zero attached hydrogens (tertiary/aromatic N) is 1. The van der Waals surface area contributed by atoms with Gasteiger partial charge in [-0.3, -0.25) is 9.10 Å². The summed E-state index contributed by atoms with van der Waals surface area (Å²) in [6.07, 6.45) is 1.53. The summed E-state index contributed by atoms with van der Waals surface area (Å²) in [5.41, 5.74) is 1.16. The highest BCUT2D eigenvalue weighted by molar-refractivity contribution is 7.92. The third-order valence-electron chi connectivity index (χ3n) is 3.67. The molecule has 0 heterocycles. The van der Waals surface area contributed by atoms with E-state index in [-0.39, 0.29) is 18.0 Å². The summed E-state index contributed by atoms with van der Waals surface area (Å²) >= 11 is 0. The number of hydrogen-bond acceptors (Lipinski definition) is 4. The lowest BCUT2D eigenvalue weighted by Crippen LogP contribution is -2.41. The Morgan fingerprint density at radius 1 is 1.23 bits per heavy atom. The number of aryl methyl sites for hydroxylation is 1. The number of nitrogens with one attached hydrogen (secondary N) is 1.